The highest BCUT2D eigenvalue weighted by molar-refractivity contribution is 7.13. The molecule has 0 aliphatic carbocycles. The molecule has 1 N–H and O–H groups in total. The number of aryl methyl sites for hydroxylation is 3. The van der Waals surface area contributed by atoms with E-state index in [0.717, 1.165) is 5.01 Å². The van der Waals surface area contributed by atoms with E-state index in [-0.39, 0.29) is 22.7 Å². The summed E-state index contributed by atoms with van der Waals surface area (Å²) < 4.78 is 30.7. The zero-order valence-corrected chi connectivity index (χ0v) is 17.0. The van der Waals surface area contributed by atoms with Crippen LogP contribution in [0.5, 0.6) is 0 Å². The molecule has 30 heavy (non-hydrogen) atoms. The van der Waals surface area contributed by atoms with Gasteiger partial charge < -0.3 is 4.98 Å². The molecule has 0 aliphatic rings. The van der Waals surface area contributed by atoms with E-state index in [1.54, 1.807) is 31.2 Å². The molecule has 3 heterocycles. The predicted molar refractivity (Wildman–Crippen MR) is 110 cm³/mol. The van der Waals surface area contributed by atoms with Crippen molar-refractivity contribution in [1.29, 1.82) is 0 Å². The van der Waals surface area contributed by atoms with E-state index >= 15 is 0 Å². The van der Waals surface area contributed by atoms with Gasteiger partial charge in [0, 0.05) is 14.1 Å². The molecule has 0 aliphatic heterocycles. The highest BCUT2D eigenvalue weighted by Gasteiger charge is 2.17. The molecule has 0 unspecified atom stereocenters. The smallest absolute Gasteiger partial charge is 0.305 e. The lowest BCUT2D eigenvalue weighted by Crippen LogP contribution is -2.20. The number of imidazole rings is 2. The number of aromatic nitrogens is 6. The molecule has 0 spiro atoms. The highest BCUT2D eigenvalue weighted by atomic mass is 32.1. The first-order chi connectivity index (χ1) is 14.3. The quantitative estimate of drug-likeness (QED) is 0.443. The number of aromatic amines is 1. The van der Waals surface area contributed by atoms with E-state index in [9.17, 15) is 18.4 Å². The van der Waals surface area contributed by atoms with Crippen LogP contribution >= 0.6 is 11.3 Å². The molecule has 0 fully saturated rings. The Morgan fingerprint density at radius 3 is 2.23 bits per heavy atom. The molecule has 0 amide bonds. The molecule has 0 saturated carbocycles. The summed E-state index contributed by atoms with van der Waals surface area (Å²) in [4.78, 5) is 25.7. The second kappa shape index (κ2) is 7.34. The van der Waals surface area contributed by atoms with Crippen molar-refractivity contribution < 1.29 is 8.78 Å². The van der Waals surface area contributed by atoms with Gasteiger partial charge >= 0.3 is 11.4 Å². The van der Waals surface area contributed by atoms with Crippen LogP contribution in [0.3, 0.4) is 0 Å². The van der Waals surface area contributed by atoms with Crippen LogP contribution in [-0.2, 0) is 14.1 Å². The Bertz CT molecular complexity index is 1510. The number of nitrogens with zero attached hydrogens (tertiary/aromatic N) is 5. The Balaban J connectivity index is 0.000000158. The van der Waals surface area contributed by atoms with Gasteiger partial charge in [0.2, 0.25) is 5.13 Å². The maximum absolute atomic E-state index is 13.8. The van der Waals surface area contributed by atoms with Gasteiger partial charge in [-0.3, -0.25) is 9.13 Å². The Morgan fingerprint density at radius 2 is 1.60 bits per heavy atom. The summed E-state index contributed by atoms with van der Waals surface area (Å²) in [7, 11) is 3.07. The zero-order chi connectivity index (χ0) is 21.6. The molecule has 0 atom stereocenters. The topological polar surface area (TPSA) is 90.5 Å². The van der Waals surface area contributed by atoms with E-state index < -0.39 is 5.82 Å². The maximum Gasteiger partial charge on any atom is 0.335 e. The van der Waals surface area contributed by atoms with Crippen molar-refractivity contribution in [1.82, 2.24) is 28.9 Å². The number of rotatable bonds is 1. The number of H-pyrrole nitrogens is 1. The molecule has 8 nitrogen and oxygen atoms in total. The summed E-state index contributed by atoms with van der Waals surface area (Å²) in [6.07, 6.45) is 0. The van der Waals surface area contributed by atoms with Crippen LogP contribution < -0.4 is 11.4 Å². The lowest BCUT2D eigenvalue weighted by atomic mass is 10.3. The summed E-state index contributed by atoms with van der Waals surface area (Å²) in [5.74, 6) is -0.805. The van der Waals surface area contributed by atoms with E-state index in [2.05, 4.69) is 15.2 Å². The Kier molecular flexibility index (Phi) is 4.82. The monoisotopic (exact) mass is 430 g/mol. The molecule has 0 saturated heterocycles. The van der Waals surface area contributed by atoms with Crippen molar-refractivity contribution >= 4 is 33.4 Å². The predicted octanol–water partition coefficient (Wildman–Crippen LogP) is 2.63. The first kappa shape index (κ1) is 19.7. The number of fused-ring (bicyclic) bond motifs is 2. The van der Waals surface area contributed by atoms with Crippen molar-refractivity contribution in [3.63, 3.8) is 0 Å². The minimum atomic E-state index is -0.424. The van der Waals surface area contributed by atoms with Crippen LogP contribution in [0.2, 0.25) is 0 Å². The van der Waals surface area contributed by atoms with Crippen LogP contribution in [0, 0.1) is 18.6 Å². The fraction of sp³-hybridized carbons (Fsp3) is 0.158. The molecular formula is C19H16F2N6O2S. The van der Waals surface area contributed by atoms with Gasteiger partial charge in [-0.2, -0.15) is 0 Å². The third kappa shape index (κ3) is 3.12. The molecule has 11 heteroatoms. The lowest BCUT2D eigenvalue weighted by Gasteiger charge is -1.96. The van der Waals surface area contributed by atoms with Gasteiger partial charge in [0.25, 0.3) is 0 Å². The summed E-state index contributed by atoms with van der Waals surface area (Å²) in [5.41, 5.74) is 1.00. The third-order valence-corrected chi connectivity index (χ3v) is 5.42. The van der Waals surface area contributed by atoms with Gasteiger partial charge in [0.1, 0.15) is 27.7 Å². The van der Waals surface area contributed by atoms with E-state index in [1.165, 1.54) is 51.3 Å². The minimum Gasteiger partial charge on any atom is -0.305 e. The van der Waals surface area contributed by atoms with E-state index in [0.29, 0.717) is 21.7 Å². The first-order valence-corrected chi connectivity index (χ1v) is 9.61. The van der Waals surface area contributed by atoms with Gasteiger partial charge in [-0.05, 0) is 31.2 Å². The van der Waals surface area contributed by atoms with Gasteiger partial charge in [-0.25, -0.2) is 22.9 Å². The second-order valence-corrected chi connectivity index (χ2v) is 7.67. The van der Waals surface area contributed by atoms with Crippen molar-refractivity contribution in [3.8, 4) is 5.13 Å². The first-order valence-electron chi connectivity index (χ1n) is 8.79. The van der Waals surface area contributed by atoms with Gasteiger partial charge in [0.15, 0.2) is 0 Å². The lowest BCUT2D eigenvalue weighted by molar-refractivity contribution is 0.630. The number of nitrogens with one attached hydrogen (secondary N) is 1. The standard InChI is InChI=1S/C11H9FN4OS.C8H7FN2O/c1-6-13-14-10(18-6)16-8-5-3-4-7(12)9(8)15(2)11(16)17;1-11-7-5(9)3-2-4-6(7)10-8(11)12/h3-5H,1-2H3;2-4H,1H3,(H,10,12). The molecule has 5 rings (SSSR count). The van der Waals surface area contributed by atoms with Crippen LogP contribution in [0.4, 0.5) is 8.78 Å². The van der Waals surface area contributed by atoms with Crippen LogP contribution in [0.1, 0.15) is 5.01 Å². The molecule has 5 aromatic rings. The molecular weight excluding hydrogens is 414 g/mol. The summed E-state index contributed by atoms with van der Waals surface area (Å²) in [6, 6.07) is 9.15. The number of hydrogen-bond donors (Lipinski definition) is 1. The summed E-state index contributed by atoms with van der Waals surface area (Å²) in [5, 5.41) is 9.02. The molecule has 2 aromatic carbocycles. The number of halogens is 2. The summed E-state index contributed by atoms with van der Waals surface area (Å²) in [6.45, 7) is 1.80. The minimum absolute atomic E-state index is 0.273. The van der Waals surface area contributed by atoms with Gasteiger partial charge in [-0.15, -0.1) is 10.2 Å². The second-order valence-electron chi connectivity index (χ2n) is 6.51. The molecule has 3 aromatic heterocycles. The third-order valence-electron chi connectivity index (χ3n) is 4.60. The zero-order valence-electron chi connectivity index (χ0n) is 16.2. The maximum atomic E-state index is 13.8. The largest absolute Gasteiger partial charge is 0.335 e. The fourth-order valence-corrected chi connectivity index (χ4v) is 3.88. The van der Waals surface area contributed by atoms with E-state index in [1.807, 2.05) is 0 Å². The number of para-hydroxylation sites is 2. The normalized spacial score (nSPS) is 11.1. The van der Waals surface area contributed by atoms with Crippen LogP contribution in [-0.4, -0.2) is 28.9 Å². The van der Waals surface area contributed by atoms with Gasteiger partial charge in [0.05, 0.1) is 11.0 Å². The Labute approximate surface area is 171 Å². The Hall–Kier alpha value is -3.60. The molecule has 0 radical (unpaired) electrons. The highest BCUT2D eigenvalue weighted by Crippen LogP contribution is 2.21. The Morgan fingerprint density at radius 1 is 0.933 bits per heavy atom. The summed E-state index contributed by atoms with van der Waals surface area (Å²) >= 11 is 1.29. The van der Waals surface area contributed by atoms with Crippen LogP contribution in [0.15, 0.2) is 46.0 Å². The number of benzene rings is 2. The fourth-order valence-electron chi connectivity index (χ4n) is 3.18. The van der Waals surface area contributed by atoms with E-state index in [4.69, 9.17) is 0 Å². The number of hydrogen-bond acceptors (Lipinski definition) is 5. The van der Waals surface area contributed by atoms with Crippen LogP contribution in [0.25, 0.3) is 27.2 Å². The molecule has 154 valence electrons. The van der Waals surface area contributed by atoms with Crippen molar-refractivity contribution in [2.24, 2.45) is 14.1 Å². The average molecular weight is 430 g/mol. The molecule has 0 bridgehead atoms. The van der Waals surface area contributed by atoms with Gasteiger partial charge in [-0.1, -0.05) is 23.5 Å². The SMILES string of the molecule is Cc1nnc(-n2c(=O)n(C)c3c(F)cccc32)s1.Cn1c(=O)[nH]c2cccc(F)c21. The van der Waals surface area contributed by atoms with Crippen molar-refractivity contribution in [2.75, 3.05) is 0 Å². The van der Waals surface area contributed by atoms with Crippen molar-refractivity contribution in [3.05, 3.63) is 74.0 Å². The average Bonchev–Trinajstić information content (AvgIpc) is 3.33. The van der Waals surface area contributed by atoms with Crippen molar-refractivity contribution in [2.45, 2.75) is 6.92 Å².